The number of carbonyl (C=O) groups excluding carboxylic acids is 2. The fraction of sp³-hybridized carbons (Fsp3) is 0.185. The van der Waals surface area contributed by atoms with Crippen LogP contribution in [0.15, 0.2) is 78.9 Å². The molecule has 34 heavy (non-hydrogen) atoms. The zero-order valence-electron chi connectivity index (χ0n) is 18.4. The van der Waals surface area contributed by atoms with E-state index >= 15 is 0 Å². The predicted octanol–water partition coefficient (Wildman–Crippen LogP) is 5.41. The maximum Gasteiger partial charge on any atom is 0.302 e. The van der Waals surface area contributed by atoms with Crippen molar-refractivity contribution in [2.45, 2.75) is 19.4 Å². The van der Waals surface area contributed by atoms with Crippen molar-refractivity contribution in [3.63, 3.8) is 0 Å². The number of hydrogen-bond acceptors (Lipinski definition) is 4. The van der Waals surface area contributed by atoms with E-state index in [1.807, 2.05) is 6.08 Å². The molecule has 1 aliphatic heterocycles. The Bertz CT molecular complexity index is 1200. The Morgan fingerprint density at radius 2 is 1.56 bits per heavy atom. The van der Waals surface area contributed by atoms with Gasteiger partial charge in [0.2, 0.25) is 5.91 Å². The van der Waals surface area contributed by atoms with Crippen molar-refractivity contribution in [2.24, 2.45) is 5.92 Å². The minimum Gasteiger partial charge on any atom is -0.508 e. The summed E-state index contributed by atoms with van der Waals surface area (Å²) >= 11 is 0. The van der Waals surface area contributed by atoms with Crippen LogP contribution in [0.3, 0.4) is 0 Å². The summed E-state index contributed by atoms with van der Waals surface area (Å²) in [7, 11) is 0. The van der Waals surface area contributed by atoms with Gasteiger partial charge in [0, 0.05) is 12.6 Å². The van der Waals surface area contributed by atoms with Crippen molar-refractivity contribution >= 4 is 23.1 Å². The monoisotopic (exact) mass is 463 g/mol. The quantitative estimate of drug-likeness (QED) is 0.376. The summed E-state index contributed by atoms with van der Waals surface area (Å²) in [6.45, 7) is 1.30. The van der Waals surface area contributed by atoms with Crippen LogP contribution in [0, 0.1) is 17.6 Å². The highest BCUT2D eigenvalue weighted by molar-refractivity contribution is 6.03. The number of hydrogen-bond donors (Lipinski definition) is 1. The van der Waals surface area contributed by atoms with Gasteiger partial charge in [0.15, 0.2) is 0 Å². The third kappa shape index (κ3) is 4.98. The first-order valence-corrected chi connectivity index (χ1v) is 10.8. The summed E-state index contributed by atoms with van der Waals surface area (Å²) < 4.78 is 32.0. The van der Waals surface area contributed by atoms with Gasteiger partial charge in [-0.3, -0.25) is 9.59 Å². The lowest BCUT2D eigenvalue weighted by molar-refractivity contribution is -0.139. The van der Waals surface area contributed by atoms with Crippen LogP contribution in [-0.4, -0.2) is 23.6 Å². The van der Waals surface area contributed by atoms with Gasteiger partial charge < -0.3 is 14.7 Å². The molecule has 1 N–H and O–H groups in total. The molecule has 1 saturated heterocycles. The molecule has 7 heteroatoms. The number of β-lactam (4-membered cyclic amide) rings is 1. The molecule has 3 aromatic carbocycles. The van der Waals surface area contributed by atoms with Crippen molar-refractivity contribution < 1.29 is 28.2 Å². The predicted molar refractivity (Wildman–Crippen MR) is 124 cm³/mol. The van der Waals surface area contributed by atoms with Gasteiger partial charge in [-0.15, -0.1) is 0 Å². The van der Waals surface area contributed by atoms with Crippen molar-refractivity contribution in [2.75, 3.05) is 11.5 Å². The van der Waals surface area contributed by atoms with Crippen molar-refractivity contribution in [1.82, 2.24) is 0 Å². The number of halogens is 2. The number of aromatic hydroxyl groups is 1. The lowest BCUT2D eigenvalue weighted by Gasteiger charge is -2.47. The number of benzene rings is 3. The normalized spacial score (nSPS) is 17.9. The minimum atomic E-state index is -0.447. The maximum absolute atomic E-state index is 13.4. The molecule has 0 saturated carbocycles. The Kier molecular flexibility index (Phi) is 6.72. The van der Waals surface area contributed by atoms with Gasteiger partial charge in [-0.25, -0.2) is 8.78 Å². The van der Waals surface area contributed by atoms with Crippen LogP contribution in [0.4, 0.5) is 14.5 Å². The Morgan fingerprint density at radius 1 is 0.971 bits per heavy atom. The average Bonchev–Trinajstić information content (AvgIpc) is 2.82. The molecular weight excluding hydrogens is 440 g/mol. The molecular formula is C27H23F2NO4. The van der Waals surface area contributed by atoms with E-state index in [1.165, 1.54) is 31.2 Å². The van der Waals surface area contributed by atoms with Crippen molar-refractivity contribution in [1.29, 1.82) is 0 Å². The molecule has 2 atom stereocenters. The van der Waals surface area contributed by atoms with Crippen LogP contribution in [0.25, 0.3) is 5.57 Å². The second kappa shape index (κ2) is 9.87. The van der Waals surface area contributed by atoms with Gasteiger partial charge in [-0.1, -0.05) is 30.3 Å². The van der Waals surface area contributed by atoms with E-state index in [0.29, 0.717) is 23.2 Å². The van der Waals surface area contributed by atoms with Crippen LogP contribution < -0.4 is 4.90 Å². The summed E-state index contributed by atoms with van der Waals surface area (Å²) in [6.07, 6.45) is 2.17. The number of phenolic OH excluding ortho intramolecular Hbond substituents is 1. The van der Waals surface area contributed by atoms with E-state index in [2.05, 4.69) is 0 Å². The van der Waals surface area contributed by atoms with Crippen LogP contribution in [0.2, 0.25) is 0 Å². The number of anilines is 1. The molecule has 0 bridgehead atoms. The number of rotatable bonds is 7. The van der Waals surface area contributed by atoms with Crippen LogP contribution in [-0.2, 0) is 14.3 Å². The summed E-state index contributed by atoms with van der Waals surface area (Å²) in [5.41, 5.74) is 2.74. The molecule has 1 fully saturated rings. The van der Waals surface area contributed by atoms with Gasteiger partial charge in [0.1, 0.15) is 24.0 Å². The van der Waals surface area contributed by atoms with Crippen molar-refractivity contribution in [3.05, 3.63) is 102 Å². The SMILES string of the molecule is CC(=O)OC/C(=C\C[C@H]1C(=O)N(c2ccc(F)cc2)[C@@H]1c1ccc(O)cc1)c1ccc(F)cc1. The molecule has 3 aromatic rings. The third-order valence-electron chi connectivity index (χ3n) is 5.82. The first-order chi connectivity index (χ1) is 16.3. The topological polar surface area (TPSA) is 66.8 Å². The van der Waals surface area contributed by atoms with Gasteiger partial charge in [-0.05, 0) is 71.7 Å². The number of allylic oxidation sites excluding steroid dienone is 1. The van der Waals surface area contributed by atoms with Crippen molar-refractivity contribution in [3.8, 4) is 5.75 Å². The van der Waals surface area contributed by atoms with Gasteiger partial charge in [0.05, 0.1) is 12.0 Å². The van der Waals surface area contributed by atoms with Gasteiger partial charge in [0.25, 0.3) is 0 Å². The number of ether oxygens (including phenoxy) is 1. The fourth-order valence-corrected chi connectivity index (χ4v) is 4.09. The molecule has 0 radical (unpaired) electrons. The molecule has 5 nitrogen and oxygen atoms in total. The van der Waals surface area contributed by atoms with Crippen LogP contribution in [0.5, 0.6) is 5.75 Å². The number of carbonyl (C=O) groups is 2. The highest BCUT2D eigenvalue weighted by atomic mass is 19.1. The first kappa shape index (κ1) is 23.2. The van der Waals surface area contributed by atoms with E-state index in [9.17, 15) is 23.5 Å². The molecule has 0 unspecified atom stereocenters. The number of esters is 1. The highest BCUT2D eigenvalue weighted by Crippen LogP contribution is 2.45. The van der Waals surface area contributed by atoms with E-state index in [4.69, 9.17) is 4.74 Å². The number of amides is 1. The summed E-state index contributed by atoms with van der Waals surface area (Å²) in [5.74, 6) is -1.68. The molecule has 4 rings (SSSR count). The molecule has 1 amide bonds. The molecule has 174 valence electrons. The molecule has 1 heterocycles. The van der Waals surface area contributed by atoms with E-state index in [-0.39, 0.29) is 30.1 Å². The molecule has 1 aliphatic rings. The fourth-order valence-electron chi connectivity index (χ4n) is 4.09. The van der Waals surface area contributed by atoms with Gasteiger partial charge in [-0.2, -0.15) is 0 Å². The molecule has 0 aromatic heterocycles. The largest absolute Gasteiger partial charge is 0.508 e. The average molecular weight is 463 g/mol. The molecule has 0 aliphatic carbocycles. The Morgan fingerprint density at radius 3 is 2.15 bits per heavy atom. The first-order valence-electron chi connectivity index (χ1n) is 10.8. The highest BCUT2D eigenvalue weighted by Gasteiger charge is 2.48. The van der Waals surface area contributed by atoms with Crippen LogP contribution >= 0.6 is 0 Å². The summed E-state index contributed by atoms with van der Waals surface area (Å²) in [6, 6.07) is 17.8. The second-order valence-electron chi connectivity index (χ2n) is 8.08. The standard InChI is InChI=1S/C27H23F2NO4/c1-17(31)34-16-20(18-2-7-21(28)8-3-18)6-15-25-26(19-4-13-24(32)14-5-19)30(27(25)33)23-11-9-22(29)10-12-23/h2-14,25-26,32H,15-16H2,1H3/b20-6+/t25-,26-/m1/s1. The van der Waals surface area contributed by atoms with E-state index in [0.717, 1.165) is 5.56 Å². The third-order valence-corrected chi connectivity index (χ3v) is 5.82. The van der Waals surface area contributed by atoms with Crippen LogP contribution in [0.1, 0.15) is 30.5 Å². The summed E-state index contributed by atoms with van der Waals surface area (Å²) in [4.78, 5) is 26.1. The Balaban J connectivity index is 1.64. The number of nitrogens with zero attached hydrogens (tertiary/aromatic N) is 1. The maximum atomic E-state index is 13.4. The van der Waals surface area contributed by atoms with E-state index in [1.54, 1.807) is 53.4 Å². The zero-order chi connectivity index (χ0) is 24.2. The van der Waals surface area contributed by atoms with Gasteiger partial charge >= 0.3 is 5.97 Å². The zero-order valence-corrected chi connectivity index (χ0v) is 18.4. The lowest BCUT2D eigenvalue weighted by atomic mass is 9.79. The lowest BCUT2D eigenvalue weighted by Crippen LogP contribution is -2.55. The second-order valence-corrected chi connectivity index (χ2v) is 8.08. The Hall–Kier alpha value is -4.00. The number of phenols is 1. The molecule has 0 spiro atoms. The summed E-state index contributed by atoms with van der Waals surface area (Å²) in [5, 5.41) is 9.69. The smallest absolute Gasteiger partial charge is 0.302 e. The van der Waals surface area contributed by atoms with E-state index < -0.39 is 17.7 Å². The minimum absolute atomic E-state index is 0.00652. The Labute approximate surface area is 195 Å².